The number of hydrogen-bond donors (Lipinski definition) is 1. The van der Waals surface area contributed by atoms with E-state index in [2.05, 4.69) is 5.32 Å². The second-order valence-electron chi connectivity index (χ2n) is 5.19. The second-order valence-corrected chi connectivity index (χ2v) is 8.74. The molecule has 25 heavy (non-hydrogen) atoms. The van der Waals surface area contributed by atoms with Crippen molar-refractivity contribution in [3.05, 3.63) is 75.8 Å². The van der Waals surface area contributed by atoms with E-state index < -0.39 is 21.0 Å². The fourth-order valence-corrected chi connectivity index (χ4v) is 5.22. The lowest BCUT2D eigenvalue weighted by Crippen LogP contribution is -2.31. The van der Waals surface area contributed by atoms with Crippen LogP contribution in [0, 0.1) is 0 Å². The van der Waals surface area contributed by atoms with E-state index in [0.29, 0.717) is 9.90 Å². The zero-order valence-corrected chi connectivity index (χ0v) is 15.3. The number of hydrogen-bond acceptors (Lipinski definition) is 5. The zero-order valence-electron chi connectivity index (χ0n) is 12.9. The standard InChI is InChI=1S/C17H14ClNO4S2/c18-12-5-7-13(8-6-12)25(21,22)16(15-4-2-10-24-15)11-19-17(20)14-3-1-9-23-14/h1-10,16H,11H2,(H,19,20)/t16-/m1/s1. The molecular formula is C17H14ClNO4S2. The normalized spacial score (nSPS) is 12.7. The Morgan fingerprint density at radius 1 is 1.16 bits per heavy atom. The highest BCUT2D eigenvalue weighted by atomic mass is 35.5. The zero-order chi connectivity index (χ0) is 17.9. The van der Waals surface area contributed by atoms with Gasteiger partial charge in [0.2, 0.25) is 0 Å². The van der Waals surface area contributed by atoms with Gasteiger partial charge in [0.25, 0.3) is 5.91 Å². The van der Waals surface area contributed by atoms with Gasteiger partial charge in [-0.25, -0.2) is 8.42 Å². The molecule has 3 rings (SSSR count). The van der Waals surface area contributed by atoms with Crippen molar-refractivity contribution in [2.24, 2.45) is 0 Å². The van der Waals surface area contributed by atoms with E-state index in [1.807, 2.05) is 0 Å². The smallest absolute Gasteiger partial charge is 0.287 e. The molecule has 1 amide bonds. The Kier molecular flexibility index (Phi) is 5.27. The molecule has 2 aromatic heterocycles. The number of furan rings is 1. The van der Waals surface area contributed by atoms with E-state index in [0.717, 1.165) is 0 Å². The molecule has 5 nitrogen and oxygen atoms in total. The summed E-state index contributed by atoms with van der Waals surface area (Å²) in [5.41, 5.74) is 0. The van der Waals surface area contributed by atoms with Gasteiger partial charge in [0.1, 0.15) is 5.25 Å². The summed E-state index contributed by atoms with van der Waals surface area (Å²) >= 11 is 7.17. The van der Waals surface area contributed by atoms with E-state index in [1.54, 1.807) is 23.6 Å². The summed E-state index contributed by atoms with van der Waals surface area (Å²) in [4.78, 5) is 12.9. The number of benzene rings is 1. The molecule has 0 aliphatic heterocycles. The highest BCUT2D eigenvalue weighted by Gasteiger charge is 2.30. The van der Waals surface area contributed by atoms with Crippen LogP contribution in [0.1, 0.15) is 20.7 Å². The van der Waals surface area contributed by atoms with E-state index >= 15 is 0 Å². The Morgan fingerprint density at radius 3 is 2.52 bits per heavy atom. The van der Waals surface area contributed by atoms with Gasteiger partial charge in [0.15, 0.2) is 15.6 Å². The van der Waals surface area contributed by atoms with Crippen LogP contribution >= 0.6 is 22.9 Å². The van der Waals surface area contributed by atoms with E-state index in [9.17, 15) is 13.2 Å². The maximum Gasteiger partial charge on any atom is 0.287 e. The Morgan fingerprint density at radius 2 is 1.92 bits per heavy atom. The highest BCUT2D eigenvalue weighted by Crippen LogP contribution is 2.32. The molecule has 8 heteroatoms. The first kappa shape index (κ1) is 17.7. The predicted molar refractivity (Wildman–Crippen MR) is 96.7 cm³/mol. The molecule has 0 bridgehead atoms. The number of thiophene rings is 1. The van der Waals surface area contributed by atoms with E-state index in [-0.39, 0.29) is 17.2 Å². The van der Waals surface area contributed by atoms with Crippen LogP contribution < -0.4 is 5.32 Å². The minimum atomic E-state index is -3.70. The van der Waals surface area contributed by atoms with E-state index in [1.165, 1.54) is 47.9 Å². The first-order valence-electron chi connectivity index (χ1n) is 7.33. The second kappa shape index (κ2) is 7.43. The Labute approximate surface area is 154 Å². The van der Waals surface area contributed by atoms with Crippen LogP contribution in [0.25, 0.3) is 0 Å². The van der Waals surface area contributed by atoms with Crippen LogP contribution in [0.15, 0.2) is 69.5 Å². The van der Waals surface area contributed by atoms with Crippen molar-refractivity contribution >= 4 is 38.7 Å². The molecule has 0 fully saturated rings. The summed E-state index contributed by atoms with van der Waals surface area (Å²) in [6, 6.07) is 12.6. The average Bonchev–Trinajstić information content (AvgIpc) is 3.29. The predicted octanol–water partition coefficient (Wildman–Crippen LogP) is 3.94. The van der Waals surface area contributed by atoms with Crippen molar-refractivity contribution < 1.29 is 17.6 Å². The third-order valence-corrected chi connectivity index (χ3v) is 7.06. The molecule has 3 aromatic rings. The van der Waals surface area contributed by atoms with E-state index in [4.69, 9.17) is 16.0 Å². The van der Waals surface area contributed by atoms with Gasteiger partial charge in [-0.15, -0.1) is 11.3 Å². The van der Waals surface area contributed by atoms with Gasteiger partial charge in [0, 0.05) is 16.4 Å². The van der Waals surface area contributed by atoms with Gasteiger partial charge in [-0.1, -0.05) is 17.7 Å². The summed E-state index contributed by atoms with van der Waals surface area (Å²) in [5.74, 6) is -0.327. The van der Waals surface area contributed by atoms with Crippen molar-refractivity contribution in [2.75, 3.05) is 6.54 Å². The quantitative estimate of drug-likeness (QED) is 0.685. The fourth-order valence-electron chi connectivity index (χ4n) is 2.31. The van der Waals surface area contributed by atoms with Gasteiger partial charge in [-0.3, -0.25) is 4.79 Å². The molecule has 130 valence electrons. The molecule has 0 unspecified atom stereocenters. The van der Waals surface area contributed by atoms with Gasteiger partial charge < -0.3 is 9.73 Å². The Bertz CT molecular complexity index is 933. The van der Waals surface area contributed by atoms with Crippen LogP contribution in [-0.4, -0.2) is 20.9 Å². The molecule has 0 spiro atoms. The molecule has 0 saturated heterocycles. The van der Waals surface area contributed by atoms with Crippen LogP contribution in [0.2, 0.25) is 5.02 Å². The number of carbonyl (C=O) groups is 1. The lowest BCUT2D eigenvalue weighted by atomic mass is 10.3. The molecule has 0 aliphatic rings. The Hall–Kier alpha value is -2.09. The molecule has 0 saturated carbocycles. The van der Waals surface area contributed by atoms with Crippen molar-refractivity contribution in [1.29, 1.82) is 0 Å². The maximum absolute atomic E-state index is 13.0. The summed E-state index contributed by atoms with van der Waals surface area (Å²) in [7, 11) is -3.70. The molecule has 0 radical (unpaired) electrons. The topological polar surface area (TPSA) is 76.4 Å². The van der Waals surface area contributed by atoms with Crippen molar-refractivity contribution in [1.82, 2.24) is 5.32 Å². The number of halogens is 1. The minimum Gasteiger partial charge on any atom is -0.459 e. The summed E-state index contributed by atoms with van der Waals surface area (Å²) in [5, 5.41) is 3.99. The van der Waals surface area contributed by atoms with Crippen LogP contribution in [0.5, 0.6) is 0 Å². The van der Waals surface area contributed by atoms with Crippen molar-refractivity contribution in [2.45, 2.75) is 10.1 Å². The van der Waals surface area contributed by atoms with Crippen LogP contribution in [0.4, 0.5) is 0 Å². The van der Waals surface area contributed by atoms with Crippen molar-refractivity contribution in [3.8, 4) is 0 Å². The average molecular weight is 396 g/mol. The first-order chi connectivity index (χ1) is 12.0. The molecule has 0 aliphatic carbocycles. The number of carbonyl (C=O) groups excluding carboxylic acids is 1. The first-order valence-corrected chi connectivity index (χ1v) is 10.1. The molecule has 2 heterocycles. The highest BCUT2D eigenvalue weighted by molar-refractivity contribution is 7.91. The summed E-state index contributed by atoms with van der Waals surface area (Å²) in [6.45, 7) is -0.0645. The van der Waals surface area contributed by atoms with Crippen LogP contribution in [0.3, 0.4) is 0 Å². The number of amides is 1. The Balaban J connectivity index is 1.87. The molecule has 1 aromatic carbocycles. The summed E-state index contributed by atoms with van der Waals surface area (Å²) in [6.07, 6.45) is 1.39. The lowest BCUT2D eigenvalue weighted by molar-refractivity contribution is 0.0926. The van der Waals surface area contributed by atoms with Gasteiger partial charge >= 0.3 is 0 Å². The third-order valence-electron chi connectivity index (χ3n) is 3.57. The largest absolute Gasteiger partial charge is 0.459 e. The molecule has 1 N–H and O–H groups in total. The molecule has 1 atom stereocenters. The molecular weight excluding hydrogens is 382 g/mol. The minimum absolute atomic E-state index is 0.0645. The maximum atomic E-state index is 13.0. The monoisotopic (exact) mass is 395 g/mol. The van der Waals surface area contributed by atoms with Gasteiger partial charge in [-0.2, -0.15) is 0 Å². The summed E-state index contributed by atoms with van der Waals surface area (Å²) < 4.78 is 31.1. The number of sulfone groups is 1. The lowest BCUT2D eigenvalue weighted by Gasteiger charge is -2.17. The fraction of sp³-hybridized carbons (Fsp3) is 0.118. The van der Waals surface area contributed by atoms with Crippen molar-refractivity contribution in [3.63, 3.8) is 0 Å². The number of nitrogens with one attached hydrogen (secondary N) is 1. The van der Waals surface area contributed by atoms with Gasteiger partial charge in [0.05, 0.1) is 11.2 Å². The van der Waals surface area contributed by atoms with Crippen LogP contribution in [-0.2, 0) is 9.84 Å². The van der Waals surface area contributed by atoms with Gasteiger partial charge in [-0.05, 0) is 47.8 Å². The number of rotatable bonds is 6. The SMILES string of the molecule is O=C(NC[C@H](c1cccs1)S(=O)(=O)c1ccc(Cl)cc1)c1ccco1. The third kappa shape index (κ3) is 3.95.